The highest BCUT2D eigenvalue weighted by Gasteiger charge is 2.25. The zero-order chi connectivity index (χ0) is 23.5. The average molecular weight is 502 g/mol. The van der Waals surface area contributed by atoms with Crippen molar-refractivity contribution in [2.24, 2.45) is 0 Å². The quantitative estimate of drug-likeness (QED) is 0.352. The van der Waals surface area contributed by atoms with Crippen molar-refractivity contribution in [3.05, 3.63) is 80.8 Å². The van der Waals surface area contributed by atoms with Gasteiger partial charge in [0, 0.05) is 21.0 Å². The van der Waals surface area contributed by atoms with Crippen LogP contribution in [0.3, 0.4) is 0 Å². The first-order valence-corrected chi connectivity index (χ1v) is 12.6. The average Bonchev–Trinajstić information content (AvgIpc) is 3.38. The van der Waals surface area contributed by atoms with Gasteiger partial charge < -0.3 is 10.2 Å². The molecule has 172 valence electrons. The zero-order valence-electron chi connectivity index (χ0n) is 18.9. The Morgan fingerprint density at radius 1 is 1.12 bits per heavy atom. The summed E-state index contributed by atoms with van der Waals surface area (Å²) in [5.41, 5.74) is 2.86. The fourth-order valence-corrected chi connectivity index (χ4v) is 5.67. The number of hydrogen-bond donors (Lipinski definition) is 2. The maximum atomic E-state index is 13.1. The van der Waals surface area contributed by atoms with E-state index in [4.69, 9.17) is 23.2 Å². The summed E-state index contributed by atoms with van der Waals surface area (Å²) < 4.78 is 1.87. The van der Waals surface area contributed by atoms with E-state index in [0.717, 1.165) is 45.3 Å². The number of carbonyl (C=O) groups is 1. The van der Waals surface area contributed by atoms with E-state index < -0.39 is 0 Å². The van der Waals surface area contributed by atoms with Crippen LogP contribution in [0.15, 0.2) is 54.6 Å². The molecule has 4 rings (SSSR count). The number of benzene rings is 2. The van der Waals surface area contributed by atoms with Gasteiger partial charge >= 0.3 is 0 Å². The van der Waals surface area contributed by atoms with E-state index in [1.165, 1.54) is 16.2 Å². The van der Waals surface area contributed by atoms with Crippen molar-refractivity contribution >= 4 is 50.7 Å². The molecule has 0 saturated carbocycles. The largest absolute Gasteiger partial charge is 0.345 e. The Hall–Kier alpha value is -2.38. The SMILES string of the molecule is CC[NH+](CC)[C@H](CNC(=O)c1cc2c(C)nn(-c3ccc(Cl)cc3)c2s1)c1ccccc1Cl. The predicted molar refractivity (Wildman–Crippen MR) is 137 cm³/mol. The van der Waals surface area contributed by atoms with Gasteiger partial charge in [0.1, 0.15) is 10.9 Å². The van der Waals surface area contributed by atoms with Crippen molar-refractivity contribution in [1.29, 1.82) is 0 Å². The first-order valence-electron chi connectivity index (χ1n) is 11.0. The number of hydrogen-bond acceptors (Lipinski definition) is 3. The number of likely N-dealkylation sites (N-methyl/N-ethyl adjacent to an activating group) is 1. The molecule has 0 spiro atoms. The van der Waals surface area contributed by atoms with Crippen LogP contribution in [0.5, 0.6) is 0 Å². The van der Waals surface area contributed by atoms with E-state index >= 15 is 0 Å². The maximum Gasteiger partial charge on any atom is 0.261 e. The third-order valence-corrected chi connectivity index (χ3v) is 7.69. The van der Waals surface area contributed by atoms with Crippen LogP contribution in [0.4, 0.5) is 0 Å². The molecule has 1 amide bonds. The monoisotopic (exact) mass is 501 g/mol. The van der Waals surface area contributed by atoms with Gasteiger partial charge in [-0.15, -0.1) is 11.3 Å². The first kappa shape index (κ1) is 23.8. The highest BCUT2D eigenvalue weighted by molar-refractivity contribution is 7.20. The van der Waals surface area contributed by atoms with Crippen LogP contribution in [-0.4, -0.2) is 35.3 Å². The molecule has 8 heteroatoms. The fraction of sp³-hybridized carbons (Fsp3) is 0.280. The minimum atomic E-state index is -0.0816. The van der Waals surface area contributed by atoms with E-state index in [-0.39, 0.29) is 11.9 Å². The second kappa shape index (κ2) is 10.3. The highest BCUT2D eigenvalue weighted by atomic mass is 35.5. The second-order valence-corrected chi connectivity index (χ2v) is 9.83. The molecule has 2 heterocycles. The van der Waals surface area contributed by atoms with Crippen LogP contribution < -0.4 is 10.2 Å². The normalized spacial score (nSPS) is 12.4. The molecule has 0 bridgehead atoms. The van der Waals surface area contributed by atoms with Gasteiger partial charge in [0.15, 0.2) is 0 Å². The maximum absolute atomic E-state index is 13.1. The Morgan fingerprint density at radius 3 is 2.48 bits per heavy atom. The first-order chi connectivity index (χ1) is 15.9. The van der Waals surface area contributed by atoms with Gasteiger partial charge in [0.05, 0.1) is 35.9 Å². The Bertz CT molecular complexity index is 1260. The summed E-state index contributed by atoms with van der Waals surface area (Å²) in [4.78, 5) is 16.1. The Morgan fingerprint density at radius 2 is 1.82 bits per heavy atom. The van der Waals surface area contributed by atoms with E-state index in [2.05, 4.69) is 24.3 Å². The smallest absolute Gasteiger partial charge is 0.261 e. The molecule has 2 N–H and O–H groups in total. The fourth-order valence-electron chi connectivity index (χ4n) is 4.17. The van der Waals surface area contributed by atoms with Crippen LogP contribution in [0.25, 0.3) is 15.9 Å². The molecular weight excluding hydrogens is 475 g/mol. The minimum absolute atomic E-state index is 0.0816. The Labute approximate surface area is 207 Å². The molecular formula is C25H27Cl2N4OS+. The lowest BCUT2D eigenvalue weighted by Gasteiger charge is -2.27. The number of fused-ring (bicyclic) bond motifs is 1. The number of aryl methyl sites for hydroxylation is 1. The van der Waals surface area contributed by atoms with Gasteiger partial charge in [0.2, 0.25) is 0 Å². The second-order valence-electron chi connectivity index (χ2n) is 7.95. The third kappa shape index (κ3) is 4.94. The minimum Gasteiger partial charge on any atom is -0.345 e. The third-order valence-electron chi connectivity index (χ3n) is 5.99. The van der Waals surface area contributed by atoms with Crippen molar-refractivity contribution in [2.75, 3.05) is 19.6 Å². The number of thiophene rings is 1. The molecule has 0 radical (unpaired) electrons. The highest BCUT2D eigenvalue weighted by Crippen LogP contribution is 2.31. The number of nitrogens with one attached hydrogen (secondary N) is 2. The Kier molecular flexibility index (Phi) is 7.39. The summed E-state index contributed by atoms with van der Waals surface area (Å²) in [5.74, 6) is -0.0816. The van der Waals surface area contributed by atoms with E-state index in [1.807, 2.05) is 66.2 Å². The summed E-state index contributed by atoms with van der Waals surface area (Å²) in [6, 6.07) is 17.4. The van der Waals surface area contributed by atoms with E-state index in [1.54, 1.807) is 0 Å². The van der Waals surface area contributed by atoms with Crippen LogP contribution in [-0.2, 0) is 0 Å². The lowest BCUT2D eigenvalue weighted by molar-refractivity contribution is -0.927. The molecule has 1 atom stereocenters. The molecule has 0 unspecified atom stereocenters. The van der Waals surface area contributed by atoms with Crippen molar-refractivity contribution in [3.8, 4) is 5.69 Å². The number of amides is 1. The molecule has 2 aromatic carbocycles. The number of halogens is 2. The van der Waals surface area contributed by atoms with Crippen molar-refractivity contribution in [1.82, 2.24) is 15.1 Å². The molecule has 4 aromatic rings. The van der Waals surface area contributed by atoms with Gasteiger partial charge in [-0.3, -0.25) is 4.79 Å². The van der Waals surface area contributed by atoms with E-state index in [9.17, 15) is 4.79 Å². The molecule has 0 aliphatic heterocycles. The zero-order valence-corrected chi connectivity index (χ0v) is 21.2. The number of aromatic nitrogens is 2. The van der Waals surface area contributed by atoms with Gasteiger partial charge in [-0.25, -0.2) is 4.68 Å². The van der Waals surface area contributed by atoms with Gasteiger partial charge in [-0.05, 0) is 57.2 Å². The number of quaternary nitrogens is 1. The van der Waals surface area contributed by atoms with Crippen molar-refractivity contribution in [3.63, 3.8) is 0 Å². The molecule has 0 fully saturated rings. The van der Waals surface area contributed by atoms with Crippen molar-refractivity contribution in [2.45, 2.75) is 26.8 Å². The van der Waals surface area contributed by atoms with Crippen LogP contribution in [0.2, 0.25) is 10.0 Å². The predicted octanol–water partition coefficient (Wildman–Crippen LogP) is 5.10. The molecule has 33 heavy (non-hydrogen) atoms. The van der Waals surface area contributed by atoms with Gasteiger partial charge in [-0.1, -0.05) is 41.4 Å². The molecule has 0 aliphatic carbocycles. The summed E-state index contributed by atoms with van der Waals surface area (Å²) in [5, 5.41) is 10.2. The van der Waals surface area contributed by atoms with Crippen LogP contribution in [0, 0.1) is 6.92 Å². The summed E-state index contributed by atoms with van der Waals surface area (Å²) in [6.07, 6.45) is 0. The van der Waals surface area contributed by atoms with E-state index in [0.29, 0.717) is 16.4 Å². The lowest BCUT2D eigenvalue weighted by Crippen LogP contribution is -3.12. The lowest BCUT2D eigenvalue weighted by atomic mass is 10.0. The number of carbonyl (C=O) groups excluding carboxylic acids is 1. The van der Waals surface area contributed by atoms with Crippen LogP contribution in [0.1, 0.15) is 40.8 Å². The molecule has 5 nitrogen and oxygen atoms in total. The standard InChI is InChI=1S/C25H26Cl2N4OS/c1-4-30(5-2)22(19-8-6-7-9-21(19)27)15-28-24(32)23-14-20-16(3)29-31(25(20)33-23)18-12-10-17(26)11-13-18/h6-14,22H,4-5,15H2,1-3H3,(H,28,32)/p+1/t22-/m1/s1. The Balaban J connectivity index is 1.58. The number of rotatable bonds is 8. The number of nitrogens with zero attached hydrogens (tertiary/aromatic N) is 2. The molecule has 2 aromatic heterocycles. The molecule has 0 aliphatic rings. The topological polar surface area (TPSA) is 51.4 Å². The molecule has 0 saturated heterocycles. The van der Waals surface area contributed by atoms with Crippen LogP contribution >= 0.6 is 34.5 Å². The summed E-state index contributed by atoms with van der Waals surface area (Å²) >= 11 is 14.0. The van der Waals surface area contributed by atoms with Crippen molar-refractivity contribution < 1.29 is 9.69 Å². The summed E-state index contributed by atoms with van der Waals surface area (Å²) in [7, 11) is 0. The van der Waals surface area contributed by atoms with Gasteiger partial charge in [-0.2, -0.15) is 5.10 Å². The summed E-state index contributed by atoms with van der Waals surface area (Å²) in [6.45, 7) is 8.67. The van der Waals surface area contributed by atoms with Gasteiger partial charge in [0.25, 0.3) is 5.91 Å².